The van der Waals surface area contributed by atoms with Gasteiger partial charge in [-0.05, 0) is 44.9 Å². The van der Waals surface area contributed by atoms with Crippen LogP contribution in [0.4, 0.5) is 0 Å². The topological polar surface area (TPSA) is 32.3 Å². The zero-order chi connectivity index (χ0) is 10.4. The van der Waals surface area contributed by atoms with E-state index in [2.05, 4.69) is 19.2 Å². The second kappa shape index (κ2) is 6.41. The highest BCUT2D eigenvalue weighted by Crippen LogP contribution is 2.34. The van der Waals surface area contributed by atoms with Crippen molar-refractivity contribution in [2.24, 2.45) is 5.92 Å². The van der Waals surface area contributed by atoms with E-state index in [1.54, 1.807) is 0 Å². The highest BCUT2D eigenvalue weighted by molar-refractivity contribution is 4.87. The molecule has 2 atom stereocenters. The van der Waals surface area contributed by atoms with Gasteiger partial charge in [-0.1, -0.05) is 13.3 Å². The van der Waals surface area contributed by atoms with E-state index < -0.39 is 0 Å². The lowest BCUT2D eigenvalue weighted by atomic mass is 10.0. The van der Waals surface area contributed by atoms with Crippen molar-refractivity contribution in [3.63, 3.8) is 0 Å². The van der Waals surface area contributed by atoms with E-state index in [1.807, 2.05) is 0 Å². The third-order valence-electron chi connectivity index (χ3n) is 3.08. The van der Waals surface area contributed by atoms with Crippen molar-refractivity contribution in [1.82, 2.24) is 5.32 Å². The molecule has 0 bridgehead atoms. The molecule has 1 saturated carbocycles. The van der Waals surface area contributed by atoms with Crippen LogP contribution in [0.15, 0.2) is 0 Å². The van der Waals surface area contributed by atoms with Gasteiger partial charge in [-0.15, -0.1) is 0 Å². The fourth-order valence-corrected chi connectivity index (χ4v) is 2.11. The van der Waals surface area contributed by atoms with Gasteiger partial charge in [0.15, 0.2) is 0 Å². The zero-order valence-electron chi connectivity index (χ0n) is 9.63. The van der Waals surface area contributed by atoms with Crippen molar-refractivity contribution < 1.29 is 5.11 Å². The Labute approximate surface area is 88.1 Å². The monoisotopic (exact) mass is 199 g/mol. The number of hydrogen-bond acceptors (Lipinski definition) is 2. The minimum atomic E-state index is 0.327. The van der Waals surface area contributed by atoms with E-state index in [0.29, 0.717) is 12.6 Å². The van der Waals surface area contributed by atoms with E-state index in [4.69, 9.17) is 5.11 Å². The van der Waals surface area contributed by atoms with Crippen LogP contribution < -0.4 is 5.32 Å². The second-order valence-corrected chi connectivity index (χ2v) is 4.67. The van der Waals surface area contributed by atoms with Crippen LogP contribution in [0.25, 0.3) is 0 Å². The Balaban J connectivity index is 2.16. The van der Waals surface area contributed by atoms with Crippen LogP contribution >= 0.6 is 0 Å². The summed E-state index contributed by atoms with van der Waals surface area (Å²) < 4.78 is 0. The number of aliphatic hydroxyl groups excluding tert-OH is 1. The molecule has 0 aromatic carbocycles. The fourth-order valence-electron chi connectivity index (χ4n) is 2.11. The van der Waals surface area contributed by atoms with Crippen molar-refractivity contribution in [2.45, 2.75) is 64.5 Å². The van der Waals surface area contributed by atoms with Gasteiger partial charge in [0.05, 0.1) is 0 Å². The predicted octanol–water partition coefficient (Wildman–Crippen LogP) is 2.32. The first-order chi connectivity index (χ1) is 6.77. The Hall–Kier alpha value is -0.0800. The number of hydrogen-bond donors (Lipinski definition) is 2. The second-order valence-electron chi connectivity index (χ2n) is 4.67. The van der Waals surface area contributed by atoms with Gasteiger partial charge in [0.2, 0.25) is 0 Å². The number of nitrogens with one attached hydrogen (secondary N) is 1. The van der Waals surface area contributed by atoms with Crippen molar-refractivity contribution in [3.8, 4) is 0 Å². The summed E-state index contributed by atoms with van der Waals surface area (Å²) in [5.41, 5.74) is 0. The molecule has 0 spiro atoms. The molecule has 2 N–H and O–H groups in total. The molecule has 2 nitrogen and oxygen atoms in total. The summed E-state index contributed by atoms with van der Waals surface area (Å²) >= 11 is 0. The molecule has 2 unspecified atom stereocenters. The lowest BCUT2D eigenvalue weighted by molar-refractivity contribution is 0.270. The fraction of sp³-hybridized carbons (Fsp3) is 1.00. The summed E-state index contributed by atoms with van der Waals surface area (Å²) in [5.74, 6) is 0.950. The van der Waals surface area contributed by atoms with Crippen molar-refractivity contribution in [1.29, 1.82) is 0 Å². The summed E-state index contributed by atoms with van der Waals surface area (Å²) in [5, 5.41) is 12.4. The Morgan fingerprint density at radius 2 is 2.07 bits per heavy atom. The third kappa shape index (κ3) is 4.43. The molecule has 0 aromatic heterocycles. The molecule has 0 heterocycles. The summed E-state index contributed by atoms with van der Waals surface area (Å²) in [4.78, 5) is 0. The van der Waals surface area contributed by atoms with Crippen LogP contribution in [0, 0.1) is 5.92 Å². The third-order valence-corrected chi connectivity index (χ3v) is 3.08. The highest BCUT2D eigenvalue weighted by atomic mass is 16.2. The highest BCUT2D eigenvalue weighted by Gasteiger charge is 2.30. The molecule has 0 saturated heterocycles. The van der Waals surface area contributed by atoms with Crippen LogP contribution in [-0.4, -0.2) is 23.8 Å². The maximum absolute atomic E-state index is 8.75. The van der Waals surface area contributed by atoms with E-state index in [-0.39, 0.29) is 0 Å². The number of aliphatic hydroxyl groups is 1. The maximum Gasteiger partial charge on any atom is 0.0431 e. The molecule has 0 amide bonds. The van der Waals surface area contributed by atoms with Gasteiger partial charge in [-0.25, -0.2) is 0 Å². The Morgan fingerprint density at radius 3 is 2.57 bits per heavy atom. The average Bonchev–Trinajstić information content (AvgIpc) is 2.97. The van der Waals surface area contributed by atoms with Crippen LogP contribution in [-0.2, 0) is 0 Å². The SMILES string of the molecule is CCCC(NC(C)CCCO)C1CC1. The van der Waals surface area contributed by atoms with Gasteiger partial charge in [0.25, 0.3) is 0 Å². The maximum atomic E-state index is 8.75. The van der Waals surface area contributed by atoms with E-state index in [1.165, 1.54) is 25.7 Å². The van der Waals surface area contributed by atoms with Crippen LogP contribution in [0.3, 0.4) is 0 Å². The summed E-state index contributed by atoms with van der Waals surface area (Å²) in [6.45, 7) is 4.82. The minimum Gasteiger partial charge on any atom is -0.396 e. The zero-order valence-corrected chi connectivity index (χ0v) is 9.63. The average molecular weight is 199 g/mol. The molecule has 1 aliphatic rings. The van der Waals surface area contributed by atoms with E-state index in [9.17, 15) is 0 Å². The van der Waals surface area contributed by atoms with Crippen molar-refractivity contribution in [2.75, 3.05) is 6.61 Å². The molecule has 14 heavy (non-hydrogen) atoms. The smallest absolute Gasteiger partial charge is 0.0431 e. The largest absolute Gasteiger partial charge is 0.396 e. The van der Waals surface area contributed by atoms with E-state index >= 15 is 0 Å². The summed E-state index contributed by atoms with van der Waals surface area (Å²) in [6.07, 6.45) is 7.46. The van der Waals surface area contributed by atoms with Gasteiger partial charge in [-0.3, -0.25) is 0 Å². The first-order valence-corrected chi connectivity index (χ1v) is 6.14. The summed E-state index contributed by atoms with van der Waals surface area (Å²) in [6, 6.07) is 1.31. The molecule has 0 aromatic rings. The first-order valence-electron chi connectivity index (χ1n) is 6.14. The molecular weight excluding hydrogens is 174 g/mol. The van der Waals surface area contributed by atoms with Gasteiger partial charge >= 0.3 is 0 Å². The Bertz CT molecular complexity index is 145. The normalized spacial score (nSPS) is 20.8. The quantitative estimate of drug-likeness (QED) is 0.629. The van der Waals surface area contributed by atoms with Crippen molar-refractivity contribution in [3.05, 3.63) is 0 Å². The van der Waals surface area contributed by atoms with Gasteiger partial charge < -0.3 is 10.4 Å². The van der Waals surface area contributed by atoms with Gasteiger partial charge in [0, 0.05) is 18.7 Å². The Morgan fingerprint density at radius 1 is 1.36 bits per heavy atom. The first kappa shape index (κ1) is 12.0. The van der Waals surface area contributed by atoms with Crippen molar-refractivity contribution >= 4 is 0 Å². The van der Waals surface area contributed by atoms with Crippen LogP contribution in [0.1, 0.15) is 52.4 Å². The molecule has 1 aliphatic carbocycles. The molecule has 0 radical (unpaired) electrons. The molecule has 1 rings (SSSR count). The summed E-state index contributed by atoms with van der Waals surface area (Å²) in [7, 11) is 0. The standard InChI is InChI=1S/C12H25NO/c1-3-5-12(11-7-8-11)13-10(2)6-4-9-14/h10-14H,3-9H2,1-2H3. The molecular formula is C12H25NO. The van der Waals surface area contributed by atoms with Gasteiger partial charge in [0.1, 0.15) is 0 Å². The lowest BCUT2D eigenvalue weighted by Crippen LogP contribution is -2.38. The number of rotatable bonds is 8. The molecule has 1 fully saturated rings. The predicted molar refractivity (Wildman–Crippen MR) is 60.3 cm³/mol. The molecule has 0 aliphatic heterocycles. The minimum absolute atomic E-state index is 0.327. The van der Waals surface area contributed by atoms with Crippen LogP contribution in [0.5, 0.6) is 0 Å². The molecule has 2 heteroatoms. The van der Waals surface area contributed by atoms with Gasteiger partial charge in [-0.2, -0.15) is 0 Å². The van der Waals surface area contributed by atoms with Crippen LogP contribution in [0.2, 0.25) is 0 Å². The Kier molecular flexibility index (Phi) is 5.49. The lowest BCUT2D eigenvalue weighted by Gasteiger charge is -2.22. The van der Waals surface area contributed by atoms with E-state index in [0.717, 1.165) is 24.8 Å². The molecule has 84 valence electrons.